The quantitative estimate of drug-likeness (QED) is 0.874. The first-order chi connectivity index (χ1) is 11.1. The zero-order valence-electron chi connectivity index (χ0n) is 13.7. The molecule has 2 aromatic carbocycles. The van der Waals surface area contributed by atoms with Crippen LogP contribution in [-0.2, 0) is 16.0 Å². The maximum atomic E-state index is 12.6. The van der Waals surface area contributed by atoms with E-state index in [2.05, 4.69) is 18.2 Å². The smallest absolute Gasteiger partial charge is 0.244 e. The minimum absolute atomic E-state index is 0.0226. The number of hydrogen-bond donors (Lipinski definition) is 0. The highest BCUT2D eigenvalue weighted by Gasteiger charge is 2.34. The molecule has 1 aliphatic heterocycles. The molecule has 1 heterocycles. The van der Waals surface area contributed by atoms with Crippen LogP contribution >= 0.6 is 0 Å². The van der Waals surface area contributed by atoms with E-state index >= 15 is 0 Å². The number of likely N-dealkylation sites (N-methyl/N-ethyl adjacent to an activating group) is 1. The lowest BCUT2D eigenvalue weighted by Crippen LogP contribution is -2.45. The van der Waals surface area contributed by atoms with Gasteiger partial charge in [0.1, 0.15) is 6.04 Å². The van der Waals surface area contributed by atoms with E-state index in [1.165, 1.54) is 5.39 Å². The van der Waals surface area contributed by atoms with Gasteiger partial charge in [-0.1, -0.05) is 42.5 Å². The van der Waals surface area contributed by atoms with Gasteiger partial charge >= 0.3 is 0 Å². The Morgan fingerprint density at radius 3 is 2.61 bits per heavy atom. The van der Waals surface area contributed by atoms with Crippen molar-refractivity contribution in [1.29, 1.82) is 0 Å². The van der Waals surface area contributed by atoms with Crippen molar-refractivity contribution in [3.05, 3.63) is 48.0 Å². The summed E-state index contributed by atoms with van der Waals surface area (Å²) in [7, 11) is 3.49. The Hall–Kier alpha value is -2.36. The van der Waals surface area contributed by atoms with E-state index < -0.39 is 0 Å². The second kappa shape index (κ2) is 6.41. The Balaban J connectivity index is 1.75. The van der Waals surface area contributed by atoms with Crippen LogP contribution in [0.25, 0.3) is 10.8 Å². The second-order valence-electron chi connectivity index (χ2n) is 6.34. The molecule has 1 saturated heterocycles. The summed E-state index contributed by atoms with van der Waals surface area (Å²) in [5.74, 6) is 0.0624. The molecule has 2 aromatic rings. The number of amides is 2. The molecule has 0 N–H and O–H groups in total. The first kappa shape index (κ1) is 15.5. The van der Waals surface area contributed by atoms with Crippen LogP contribution in [0.4, 0.5) is 0 Å². The van der Waals surface area contributed by atoms with Crippen LogP contribution in [0.2, 0.25) is 0 Å². The van der Waals surface area contributed by atoms with Gasteiger partial charge < -0.3 is 9.80 Å². The fourth-order valence-corrected chi connectivity index (χ4v) is 3.24. The minimum atomic E-state index is -0.294. The van der Waals surface area contributed by atoms with Crippen LogP contribution in [0.3, 0.4) is 0 Å². The molecule has 1 aliphatic rings. The summed E-state index contributed by atoms with van der Waals surface area (Å²) < 4.78 is 0. The number of likely N-dealkylation sites (tertiary alicyclic amines) is 1. The summed E-state index contributed by atoms with van der Waals surface area (Å²) in [5, 5.41) is 2.31. The van der Waals surface area contributed by atoms with Gasteiger partial charge in [0.15, 0.2) is 0 Å². The van der Waals surface area contributed by atoms with Crippen molar-refractivity contribution < 1.29 is 9.59 Å². The van der Waals surface area contributed by atoms with Gasteiger partial charge in [0.2, 0.25) is 11.8 Å². The molecule has 4 heteroatoms. The molecule has 2 amide bonds. The van der Waals surface area contributed by atoms with E-state index in [1.54, 1.807) is 23.9 Å². The van der Waals surface area contributed by atoms with E-state index in [-0.39, 0.29) is 17.9 Å². The van der Waals surface area contributed by atoms with Gasteiger partial charge in [0.25, 0.3) is 0 Å². The monoisotopic (exact) mass is 310 g/mol. The van der Waals surface area contributed by atoms with Crippen molar-refractivity contribution in [1.82, 2.24) is 9.80 Å². The Morgan fingerprint density at radius 2 is 1.87 bits per heavy atom. The number of benzene rings is 2. The molecular weight excluding hydrogens is 288 g/mol. The SMILES string of the molecule is CN(C)C(=O)C1CCCN1C(=O)Cc1ccc2ccccc2c1. The summed E-state index contributed by atoms with van der Waals surface area (Å²) in [6, 6.07) is 13.9. The highest BCUT2D eigenvalue weighted by molar-refractivity contribution is 5.90. The van der Waals surface area contributed by atoms with Crippen molar-refractivity contribution in [3.8, 4) is 0 Å². The molecule has 0 spiro atoms. The zero-order chi connectivity index (χ0) is 16.4. The van der Waals surface area contributed by atoms with E-state index in [4.69, 9.17) is 0 Å². The maximum absolute atomic E-state index is 12.6. The van der Waals surface area contributed by atoms with Crippen molar-refractivity contribution in [2.24, 2.45) is 0 Å². The summed E-state index contributed by atoms with van der Waals surface area (Å²) >= 11 is 0. The first-order valence-corrected chi connectivity index (χ1v) is 8.04. The van der Waals surface area contributed by atoms with Crippen molar-refractivity contribution in [2.75, 3.05) is 20.6 Å². The molecule has 1 unspecified atom stereocenters. The highest BCUT2D eigenvalue weighted by atomic mass is 16.2. The largest absolute Gasteiger partial charge is 0.347 e. The minimum Gasteiger partial charge on any atom is -0.347 e. The maximum Gasteiger partial charge on any atom is 0.244 e. The molecule has 0 saturated carbocycles. The molecule has 0 aliphatic carbocycles. The van der Waals surface area contributed by atoms with Crippen LogP contribution in [0.15, 0.2) is 42.5 Å². The molecule has 0 radical (unpaired) electrons. The third-order valence-corrected chi connectivity index (χ3v) is 4.47. The topological polar surface area (TPSA) is 40.6 Å². The number of nitrogens with zero attached hydrogens (tertiary/aromatic N) is 2. The molecule has 0 aromatic heterocycles. The van der Waals surface area contributed by atoms with E-state index in [0.717, 1.165) is 23.8 Å². The van der Waals surface area contributed by atoms with Gasteiger partial charge in [-0.15, -0.1) is 0 Å². The van der Waals surface area contributed by atoms with E-state index in [0.29, 0.717) is 13.0 Å². The predicted molar refractivity (Wildman–Crippen MR) is 91.1 cm³/mol. The second-order valence-corrected chi connectivity index (χ2v) is 6.34. The standard InChI is InChI=1S/C19H22N2O2/c1-20(2)19(23)17-8-5-11-21(17)18(22)13-14-9-10-15-6-3-4-7-16(15)12-14/h3-4,6-7,9-10,12,17H,5,8,11,13H2,1-2H3. The van der Waals surface area contributed by atoms with Gasteiger partial charge in [-0.3, -0.25) is 9.59 Å². The molecule has 1 fully saturated rings. The molecule has 1 atom stereocenters. The van der Waals surface area contributed by atoms with Gasteiger partial charge in [-0.25, -0.2) is 0 Å². The normalized spacial score (nSPS) is 17.5. The van der Waals surface area contributed by atoms with E-state index in [9.17, 15) is 9.59 Å². The summed E-state index contributed by atoms with van der Waals surface area (Å²) in [6.45, 7) is 0.677. The third-order valence-electron chi connectivity index (χ3n) is 4.47. The Kier molecular flexibility index (Phi) is 4.33. The van der Waals surface area contributed by atoms with E-state index in [1.807, 2.05) is 24.3 Å². The van der Waals surface area contributed by atoms with Crippen molar-refractivity contribution in [2.45, 2.75) is 25.3 Å². The van der Waals surface area contributed by atoms with Crippen molar-refractivity contribution in [3.63, 3.8) is 0 Å². The average Bonchev–Trinajstić information content (AvgIpc) is 3.03. The number of hydrogen-bond acceptors (Lipinski definition) is 2. The molecule has 0 bridgehead atoms. The first-order valence-electron chi connectivity index (χ1n) is 8.04. The van der Waals surface area contributed by atoms with Gasteiger partial charge in [-0.2, -0.15) is 0 Å². The van der Waals surface area contributed by atoms with Crippen LogP contribution in [0.5, 0.6) is 0 Å². The fourth-order valence-electron chi connectivity index (χ4n) is 3.24. The predicted octanol–water partition coefficient (Wildman–Crippen LogP) is 2.46. The van der Waals surface area contributed by atoms with Crippen LogP contribution in [0, 0.1) is 0 Å². The molecular formula is C19H22N2O2. The Labute approximate surface area is 136 Å². The molecule has 4 nitrogen and oxygen atoms in total. The van der Waals surface area contributed by atoms with Gasteiger partial charge in [0, 0.05) is 20.6 Å². The highest BCUT2D eigenvalue weighted by Crippen LogP contribution is 2.21. The molecule has 3 rings (SSSR count). The fraction of sp³-hybridized carbons (Fsp3) is 0.368. The molecule has 23 heavy (non-hydrogen) atoms. The Morgan fingerprint density at radius 1 is 1.13 bits per heavy atom. The van der Waals surface area contributed by atoms with Crippen LogP contribution < -0.4 is 0 Å². The number of carbonyl (C=O) groups excluding carboxylic acids is 2. The third kappa shape index (κ3) is 3.21. The van der Waals surface area contributed by atoms with Gasteiger partial charge in [-0.05, 0) is 29.2 Å². The summed E-state index contributed by atoms with van der Waals surface area (Å²) in [6.07, 6.45) is 2.01. The lowest BCUT2D eigenvalue weighted by Gasteiger charge is -2.26. The van der Waals surface area contributed by atoms with Crippen LogP contribution in [-0.4, -0.2) is 48.3 Å². The summed E-state index contributed by atoms with van der Waals surface area (Å²) in [4.78, 5) is 28.2. The zero-order valence-corrected chi connectivity index (χ0v) is 13.7. The lowest BCUT2D eigenvalue weighted by atomic mass is 10.0. The van der Waals surface area contributed by atoms with Crippen LogP contribution in [0.1, 0.15) is 18.4 Å². The molecule has 120 valence electrons. The van der Waals surface area contributed by atoms with Gasteiger partial charge in [0.05, 0.1) is 6.42 Å². The average molecular weight is 310 g/mol. The number of fused-ring (bicyclic) bond motifs is 1. The van der Waals surface area contributed by atoms with Crippen molar-refractivity contribution >= 4 is 22.6 Å². The summed E-state index contributed by atoms with van der Waals surface area (Å²) in [5.41, 5.74) is 0.997. The lowest BCUT2D eigenvalue weighted by molar-refractivity contribution is -0.141. The number of rotatable bonds is 3. The number of carbonyl (C=O) groups is 2. The Bertz CT molecular complexity index is 739.